The smallest absolute Gasteiger partial charge is 0.267 e. The Bertz CT molecular complexity index is 758. The van der Waals surface area contributed by atoms with Gasteiger partial charge in [0.05, 0.1) is 23.7 Å². The van der Waals surface area contributed by atoms with Gasteiger partial charge in [-0.05, 0) is 24.5 Å². The molecule has 0 bridgehead atoms. The first-order valence-electron chi connectivity index (χ1n) is 8.20. The lowest BCUT2D eigenvalue weighted by Crippen LogP contribution is -2.35. The second kappa shape index (κ2) is 8.68. The minimum absolute atomic E-state index is 0.0123. The normalized spacial score (nSPS) is 13.9. The summed E-state index contributed by atoms with van der Waals surface area (Å²) in [5.74, 6) is -0.462. The molecule has 2 aromatic heterocycles. The van der Waals surface area contributed by atoms with Crippen molar-refractivity contribution in [1.82, 2.24) is 9.97 Å². The summed E-state index contributed by atoms with van der Waals surface area (Å²) in [6.45, 7) is 5.97. The topological polar surface area (TPSA) is 61.0 Å². The Morgan fingerprint density at radius 1 is 1.15 bits per heavy atom. The van der Waals surface area contributed by atoms with Gasteiger partial charge in [0.2, 0.25) is 0 Å². The summed E-state index contributed by atoms with van der Waals surface area (Å²) in [7, 11) is 0. The highest BCUT2D eigenvalue weighted by Gasteiger charge is 2.22. The Labute approximate surface area is 155 Å². The maximum Gasteiger partial charge on any atom is 0.267 e. The number of ether oxygens (including phenoxy) is 1. The number of hydrogen-bond acceptors (Lipinski definition) is 4. The van der Waals surface area contributed by atoms with E-state index in [2.05, 4.69) is 9.97 Å². The lowest BCUT2D eigenvalue weighted by molar-refractivity contribution is 0.114. The Morgan fingerprint density at radius 2 is 1.85 bits per heavy atom. The van der Waals surface area contributed by atoms with Gasteiger partial charge in [-0.3, -0.25) is 10.7 Å². The predicted molar refractivity (Wildman–Crippen MR) is 94.6 cm³/mol. The maximum atomic E-state index is 13.9. The summed E-state index contributed by atoms with van der Waals surface area (Å²) < 4.78 is 46.4. The predicted octanol–water partition coefficient (Wildman–Crippen LogP) is 5.22. The third-order valence-electron chi connectivity index (χ3n) is 3.90. The van der Waals surface area contributed by atoms with Crippen LogP contribution in [-0.4, -0.2) is 16.2 Å². The first-order valence-corrected chi connectivity index (χ1v) is 8.58. The van der Waals surface area contributed by atoms with Crippen molar-refractivity contribution in [3.8, 4) is 17.0 Å². The third kappa shape index (κ3) is 5.08. The van der Waals surface area contributed by atoms with Crippen LogP contribution < -0.4 is 10.5 Å². The number of nitrogens with two attached hydrogens (primary N) is 1. The summed E-state index contributed by atoms with van der Waals surface area (Å²) in [5.41, 5.74) is 5.57. The Kier molecular flexibility index (Phi) is 6.83. The number of pyridine rings is 2. The quantitative estimate of drug-likeness (QED) is 0.522. The highest BCUT2D eigenvalue weighted by molar-refractivity contribution is 6.29. The molecule has 1 unspecified atom stereocenters. The van der Waals surface area contributed by atoms with Crippen molar-refractivity contribution in [3.63, 3.8) is 0 Å². The zero-order chi connectivity index (χ0) is 19.4. The number of nitrogens with zero attached hydrogens (tertiary/aromatic N) is 2. The van der Waals surface area contributed by atoms with E-state index in [1.165, 1.54) is 6.07 Å². The van der Waals surface area contributed by atoms with E-state index in [1.54, 1.807) is 0 Å². The van der Waals surface area contributed by atoms with E-state index in [0.717, 1.165) is 24.9 Å². The van der Waals surface area contributed by atoms with Gasteiger partial charge < -0.3 is 4.74 Å². The molecular formula is C18H21ClF3N3O. The van der Waals surface area contributed by atoms with Crippen LogP contribution in [0.3, 0.4) is 0 Å². The SMILES string of the molecule is CC(C)CC(C)[C@H](N)Oc1cnc(-c2cc(Cl)ncc2F)cc1C(F)F. The van der Waals surface area contributed by atoms with Gasteiger partial charge in [0.15, 0.2) is 5.82 Å². The molecular weight excluding hydrogens is 367 g/mol. The summed E-state index contributed by atoms with van der Waals surface area (Å²) >= 11 is 5.75. The van der Waals surface area contributed by atoms with Crippen molar-refractivity contribution < 1.29 is 17.9 Å². The van der Waals surface area contributed by atoms with Crippen LogP contribution in [0, 0.1) is 17.7 Å². The van der Waals surface area contributed by atoms with Crippen LogP contribution in [0.5, 0.6) is 5.75 Å². The molecule has 2 heterocycles. The number of halogens is 4. The van der Waals surface area contributed by atoms with E-state index in [-0.39, 0.29) is 28.1 Å². The van der Waals surface area contributed by atoms with Crippen LogP contribution in [0.1, 0.15) is 39.2 Å². The molecule has 4 nitrogen and oxygen atoms in total. The number of aromatic nitrogens is 2. The molecule has 2 N–H and O–H groups in total. The molecule has 2 rings (SSSR count). The van der Waals surface area contributed by atoms with Gasteiger partial charge in [-0.15, -0.1) is 0 Å². The fourth-order valence-corrected chi connectivity index (χ4v) is 2.78. The van der Waals surface area contributed by atoms with Crippen LogP contribution in [0.4, 0.5) is 13.2 Å². The average Bonchev–Trinajstić information content (AvgIpc) is 2.56. The van der Waals surface area contributed by atoms with E-state index in [4.69, 9.17) is 22.1 Å². The fraction of sp³-hybridized carbons (Fsp3) is 0.444. The van der Waals surface area contributed by atoms with Crippen molar-refractivity contribution >= 4 is 11.6 Å². The molecule has 0 aliphatic carbocycles. The van der Waals surface area contributed by atoms with E-state index in [1.807, 2.05) is 20.8 Å². The summed E-state index contributed by atoms with van der Waals surface area (Å²) in [6, 6.07) is 2.31. The van der Waals surface area contributed by atoms with Crippen molar-refractivity contribution in [2.24, 2.45) is 17.6 Å². The third-order valence-corrected chi connectivity index (χ3v) is 4.10. The van der Waals surface area contributed by atoms with E-state index < -0.39 is 24.0 Å². The second-order valence-electron chi connectivity index (χ2n) is 6.58. The van der Waals surface area contributed by atoms with Gasteiger partial charge in [0.1, 0.15) is 17.1 Å². The summed E-state index contributed by atoms with van der Waals surface area (Å²) in [6.07, 6.45) is -0.756. The molecule has 0 saturated carbocycles. The standard InChI is InChI=1S/C18H21ClF3N3O/c1-9(2)4-10(3)18(23)26-15-8-24-14(5-12(15)17(21)22)11-6-16(19)25-7-13(11)20/h5-10,17-18H,4,23H2,1-3H3/t10?,18-/m1/s1. The molecule has 0 saturated heterocycles. The van der Waals surface area contributed by atoms with Crippen LogP contribution in [-0.2, 0) is 0 Å². The fourth-order valence-electron chi connectivity index (χ4n) is 2.62. The molecule has 0 aromatic carbocycles. The maximum absolute atomic E-state index is 13.9. The molecule has 0 amide bonds. The zero-order valence-electron chi connectivity index (χ0n) is 14.7. The number of hydrogen-bond donors (Lipinski definition) is 1. The molecule has 142 valence electrons. The number of rotatable bonds is 7. The highest BCUT2D eigenvalue weighted by atomic mass is 35.5. The van der Waals surface area contributed by atoms with Gasteiger partial charge in [0, 0.05) is 11.5 Å². The van der Waals surface area contributed by atoms with Gasteiger partial charge >= 0.3 is 0 Å². The Balaban J connectivity index is 2.33. The average molecular weight is 388 g/mol. The lowest BCUT2D eigenvalue weighted by Gasteiger charge is -2.24. The monoisotopic (exact) mass is 387 g/mol. The molecule has 0 fully saturated rings. The van der Waals surface area contributed by atoms with Gasteiger partial charge in [-0.1, -0.05) is 32.4 Å². The molecule has 8 heteroatoms. The van der Waals surface area contributed by atoms with Crippen molar-refractivity contribution in [2.75, 3.05) is 0 Å². The zero-order valence-corrected chi connectivity index (χ0v) is 15.5. The lowest BCUT2D eigenvalue weighted by atomic mass is 9.97. The molecule has 2 aromatic rings. The van der Waals surface area contributed by atoms with Crippen LogP contribution in [0.25, 0.3) is 11.3 Å². The van der Waals surface area contributed by atoms with Gasteiger partial charge in [-0.2, -0.15) is 0 Å². The minimum Gasteiger partial charge on any atom is -0.473 e. The molecule has 26 heavy (non-hydrogen) atoms. The van der Waals surface area contributed by atoms with Gasteiger partial charge in [0.25, 0.3) is 6.43 Å². The van der Waals surface area contributed by atoms with E-state index in [0.29, 0.717) is 5.92 Å². The number of alkyl halides is 2. The first-order chi connectivity index (χ1) is 12.2. The minimum atomic E-state index is -2.83. The second-order valence-corrected chi connectivity index (χ2v) is 6.97. The Hall–Kier alpha value is -1.86. The molecule has 0 aliphatic heterocycles. The van der Waals surface area contributed by atoms with Crippen LogP contribution in [0.15, 0.2) is 24.5 Å². The van der Waals surface area contributed by atoms with E-state index >= 15 is 0 Å². The largest absolute Gasteiger partial charge is 0.473 e. The first kappa shape index (κ1) is 20.5. The molecule has 0 radical (unpaired) electrons. The van der Waals surface area contributed by atoms with Crippen LogP contribution in [0.2, 0.25) is 5.15 Å². The highest BCUT2D eigenvalue weighted by Crippen LogP contribution is 2.34. The molecule has 2 atom stereocenters. The molecule has 0 spiro atoms. The van der Waals surface area contributed by atoms with E-state index in [9.17, 15) is 13.2 Å². The Morgan fingerprint density at radius 3 is 2.46 bits per heavy atom. The van der Waals surface area contributed by atoms with Crippen molar-refractivity contribution in [1.29, 1.82) is 0 Å². The van der Waals surface area contributed by atoms with Crippen molar-refractivity contribution in [2.45, 2.75) is 39.8 Å². The van der Waals surface area contributed by atoms with Gasteiger partial charge in [-0.25, -0.2) is 18.2 Å². The summed E-state index contributed by atoms with van der Waals surface area (Å²) in [5, 5.41) is 0.0339. The molecule has 0 aliphatic rings. The van der Waals surface area contributed by atoms with Crippen LogP contribution >= 0.6 is 11.6 Å². The summed E-state index contributed by atoms with van der Waals surface area (Å²) in [4.78, 5) is 7.62. The van der Waals surface area contributed by atoms with Crippen molar-refractivity contribution in [3.05, 3.63) is 41.1 Å².